The summed E-state index contributed by atoms with van der Waals surface area (Å²) in [6.07, 6.45) is 0. The van der Waals surface area contributed by atoms with Gasteiger partial charge in [-0.05, 0) is 167 Å². The fraction of sp³-hybridized carbons (Fsp3) is 0. The lowest BCUT2D eigenvalue weighted by Gasteiger charge is -2.15. The quantitative estimate of drug-likeness (QED) is 0.113. The van der Waals surface area contributed by atoms with Crippen molar-refractivity contribution in [3.8, 4) is 124 Å². The van der Waals surface area contributed by atoms with Gasteiger partial charge in [0, 0.05) is 88.2 Å². The van der Waals surface area contributed by atoms with Gasteiger partial charge in [0.1, 0.15) is 0 Å². The zero-order valence-electron chi connectivity index (χ0n) is 68.3. The molecule has 25 rings (SSSR count). The third kappa shape index (κ3) is 12.7. The summed E-state index contributed by atoms with van der Waals surface area (Å²) in [5.74, 6) is 1.39. The van der Waals surface area contributed by atoms with Gasteiger partial charge in [0.05, 0.1) is 67.3 Å². The molecule has 126 heavy (non-hydrogen) atoms. The number of aromatic nitrogens is 8. The van der Waals surface area contributed by atoms with Crippen molar-refractivity contribution in [1.29, 1.82) is 0 Å². The average molecular weight is 1600 g/mol. The largest absolute Gasteiger partial charge is 0.308 e. The number of rotatable bonds is 12. The molecule has 8 nitrogen and oxygen atoms in total. The van der Waals surface area contributed by atoms with Gasteiger partial charge in [-0.2, -0.15) is 0 Å². The Morgan fingerprint density at radius 3 is 1.05 bits per heavy atom. The van der Waals surface area contributed by atoms with E-state index in [2.05, 4.69) is 410 Å². The Morgan fingerprint density at radius 2 is 0.508 bits per heavy atom. The predicted octanol–water partition coefficient (Wildman–Crippen LogP) is 30.7. The second-order valence-corrected chi connectivity index (χ2v) is 32.3. The van der Waals surface area contributed by atoms with Crippen LogP contribution >= 0.6 is 0 Å². The van der Waals surface area contributed by atoms with Crippen LogP contribution in [0.5, 0.6) is 0 Å². The minimum Gasteiger partial charge on any atom is -0.308 e. The summed E-state index contributed by atoms with van der Waals surface area (Å²) in [4.78, 5) is 31.4. The number of fused-ring (bicyclic) bond motifs is 17. The molecule has 0 radical (unpaired) electrons. The molecule has 0 amide bonds. The molecule has 0 atom stereocenters. The summed E-state index contributed by atoms with van der Waals surface area (Å²) in [5, 5.41) is 19.2. The van der Waals surface area contributed by atoms with E-state index < -0.39 is 0 Å². The van der Waals surface area contributed by atoms with Crippen molar-refractivity contribution in [2.45, 2.75) is 0 Å². The average Bonchev–Trinajstić information content (AvgIpc) is 1.55. The Morgan fingerprint density at radius 1 is 0.167 bits per heavy atom. The van der Waals surface area contributed by atoms with E-state index in [-0.39, 0.29) is 0 Å². The molecule has 6 aromatic heterocycles. The van der Waals surface area contributed by atoms with E-state index in [1.807, 2.05) is 48.5 Å². The van der Waals surface area contributed by atoms with Crippen LogP contribution in [0.1, 0.15) is 0 Å². The molecule has 0 aliphatic carbocycles. The van der Waals surface area contributed by atoms with E-state index in [0.717, 1.165) is 161 Å². The van der Waals surface area contributed by atoms with Crippen LogP contribution < -0.4 is 0 Å². The molecule has 586 valence electrons. The molecule has 0 aliphatic rings. The molecule has 0 spiro atoms. The molecule has 19 aromatic carbocycles. The van der Waals surface area contributed by atoms with E-state index in [0.29, 0.717) is 11.6 Å². The maximum atomic E-state index is 5.55. The second-order valence-electron chi connectivity index (χ2n) is 32.3. The first-order valence-electron chi connectivity index (χ1n) is 42.8. The SMILES string of the molecule is c1ccc(-c2cc(-c3ccc(-n4c5ccccc5c5c(-c6cccc(-c7cc8ccccc8c8ccccc78)c6)nc6ccccc6c54)cc3)nc(-c3ccccc3)n2)cc1.c1ccc(-c2cc(-c3ccccc3)nc(-c3ccc(-n4c5ccccc5c5c(-c6ccc(-c7ccc8ccc9ccccc9c8c7)c7ccccc67)nc6ccccc6c54)cc3)n2)cc1. The van der Waals surface area contributed by atoms with Crippen molar-refractivity contribution in [3.05, 3.63) is 449 Å². The first kappa shape index (κ1) is 73.0. The van der Waals surface area contributed by atoms with Crippen LogP contribution in [0.2, 0.25) is 0 Å². The number of hydrogen-bond acceptors (Lipinski definition) is 6. The number of hydrogen-bond donors (Lipinski definition) is 0. The molecule has 0 bridgehead atoms. The van der Waals surface area contributed by atoms with Crippen LogP contribution in [0.25, 0.3) is 243 Å². The summed E-state index contributed by atoms with van der Waals surface area (Å²) < 4.78 is 4.82. The summed E-state index contributed by atoms with van der Waals surface area (Å²) in [6.45, 7) is 0. The zero-order chi connectivity index (χ0) is 83.1. The van der Waals surface area contributed by atoms with Gasteiger partial charge in [-0.15, -0.1) is 0 Å². The molecular weight excluding hydrogens is 1530 g/mol. The minimum absolute atomic E-state index is 0.684. The third-order valence-electron chi connectivity index (χ3n) is 25.0. The molecule has 0 N–H and O–H groups in total. The molecule has 8 heteroatoms. The maximum Gasteiger partial charge on any atom is 0.160 e. The normalized spacial score (nSPS) is 11.7. The summed E-state index contributed by atoms with van der Waals surface area (Å²) >= 11 is 0. The molecular formula is C118H74N8. The Hall–Kier alpha value is -16.9. The highest BCUT2D eigenvalue weighted by Gasteiger charge is 2.26. The van der Waals surface area contributed by atoms with E-state index >= 15 is 0 Å². The molecule has 25 aromatic rings. The number of pyridine rings is 2. The standard InChI is InChI=1S/C61H38N4.C57H36N4/c1-3-16-41(17-4-1)55-38-56(42-18-5-2-6-19-42)64-61(63-55)43-31-33-45(34-32-43)65-57-26-14-12-24-52(57)58-59(62-54-25-13-11-23-51(54)60(58)65)50-36-35-47(48-21-9-10-22-49(48)50)44-30-29-40-28-27-39-15-7-8-20-46(39)53(40)37-44;1-3-16-37(17-4-1)51-36-52(60-57(59-51)39-18-5-2-6-19-39)38-30-32-43(33-31-38)61-53-29-14-12-27-48(53)54-55(58-50-28-13-11-26-47(50)56(54)61)42-22-15-21-40(34-42)49-35-41-20-7-8-23-44(41)45-24-9-10-25-46(45)49/h1-38H;1-36H. The second kappa shape index (κ2) is 30.6. The highest BCUT2D eigenvalue weighted by Crippen LogP contribution is 2.48. The van der Waals surface area contributed by atoms with E-state index in [9.17, 15) is 0 Å². The van der Waals surface area contributed by atoms with Crippen molar-refractivity contribution in [3.63, 3.8) is 0 Å². The van der Waals surface area contributed by atoms with Crippen LogP contribution in [-0.4, -0.2) is 39.0 Å². The van der Waals surface area contributed by atoms with Crippen molar-refractivity contribution < 1.29 is 0 Å². The summed E-state index contributed by atoms with van der Waals surface area (Å²) in [5.41, 5.74) is 27.1. The lowest BCUT2D eigenvalue weighted by atomic mass is 9.91. The van der Waals surface area contributed by atoms with E-state index in [4.69, 9.17) is 29.9 Å². The zero-order valence-corrected chi connectivity index (χ0v) is 68.3. The van der Waals surface area contributed by atoms with Crippen LogP contribution in [0.3, 0.4) is 0 Å². The van der Waals surface area contributed by atoms with Gasteiger partial charge in [0.25, 0.3) is 0 Å². The molecule has 0 fully saturated rings. The van der Waals surface area contributed by atoms with Crippen LogP contribution in [-0.2, 0) is 0 Å². The first-order valence-corrected chi connectivity index (χ1v) is 42.8. The van der Waals surface area contributed by atoms with Crippen molar-refractivity contribution in [1.82, 2.24) is 39.0 Å². The monoisotopic (exact) mass is 1600 g/mol. The van der Waals surface area contributed by atoms with Crippen molar-refractivity contribution >= 4 is 119 Å². The predicted molar refractivity (Wildman–Crippen MR) is 525 cm³/mol. The van der Waals surface area contributed by atoms with Crippen LogP contribution in [0.4, 0.5) is 0 Å². The van der Waals surface area contributed by atoms with E-state index in [1.165, 1.54) is 70.6 Å². The van der Waals surface area contributed by atoms with Crippen LogP contribution in [0, 0.1) is 0 Å². The van der Waals surface area contributed by atoms with E-state index in [1.54, 1.807) is 0 Å². The summed E-state index contributed by atoms with van der Waals surface area (Å²) in [7, 11) is 0. The summed E-state index contributed by atoms with van der Waals surface area (Å²) in [6, 6.07) is 159. The molecule has 0 saturated carbocycles. The third-order valence-corrected chi connectivity index (χ3v) is 25.0. The Kier molecular flexibility index (Phi) is 17.8. The Balaban J connectivity index is 0.000000141. The minimum atomic E-state index is 0.684. The maximum absolute atomic E-state index is 5.55. The number of nitrogens with zero attached hydrogens (tertiary/aromatic N) is 8. The van der Waals surface area contributed by atoms with Gasteiger partial charge in [-0.3, -0.25) is 0 Å². The smallest absolute Gasteiger partial charge is 0.160 e. The van der Waals surface area contributed by atoms with Gasteiger partial charge in [-0.25, -0.2) is 29.9 Å². The topological polar surface area (TPSA) is 87.2 Å². The lowest BCUT2D eigenvalue weighted by molar-refractivity contribution is 1.17. The first-order chi connectivity index (χ1) is 62.5. The fourth-order valence-electron chi connectivity index (χ4n) is 19.1. The van der Waals surface area contributed by atoms with Gasteiger partial charge < -0.3 is 9.13 Å². The van der Waals surface area contributed by atoms with Gasteiger partial charge in [0.15, 0.2) is 11.6 Å². The molecule has 0 unspecified atom stereocenters. The van der Waals surface area contributed by atoms with Gasteiger partial charge >= 0.3 is 0 Å². The fourth-order valence-corrected chi connectivity index (χ4v) is 19.1. The van der Waals surface area contributed by atoms with Crippen molar-refractivity contribution in [2.24, 2.45) is 0 Å². The Bertz CT molecular complexity index is 8510. The lowest BCUT2D eigenvalue weighted by Crippen LogP contribution is -1.98. The van der Waals surface area contributed by atoms with Gasteiger partial charge in [-0.1, -0.05) is 358 Å². The highest BCUT2D eigenvalue weighted by molar-refractivity contribution is 6.26. The number of benzene rings is 19. The highest BCUT2D eigenvalue weighted by atomic mass is 15.0. The molecule has 6 heterocycles. The van der Waals surface area contributed by atoms with Gasteiger partial charge in [0.2, 0.25) is 0 Å². The van der Waals surface area contributed by atoms with Crippen LogP contribution in [0.15, 0.2) is 449 Å². The molecule has 0 saturated heterocycles. The molecule has 0 aliphatic heterocycles. The number of para-hydroxylation sites is 4. The van der Waals surface area contributed by atoms with Crippen molar-refractivity contribution in [2.75, 3.05) is 0 Å². The Labute approximate surface area is 726 Å².